The van der Waals surface area contributed by atoms with Gasteiger partial charge in [0.15, 0.2) is 18.1 Å². The zero-order valence-electron chi connectivity index (χ0n) is 16.5. The van der Waals surface area contributed by atoms with E-state index in [4.69, 9.17) is 32.7 Å². The average Bonchev–Trinajstić information content (AvgIpc) is 2.74. The highest BCUT2D eigenvalue weighted by Gasteiger charge is 2.14. The predicted octanol–water partition coefficient (Wildman–Crippen LogP) is 6.08. The standard InChI is InChI=1S/C23H20Cl2N2O3/c1-15-18(24)9-6-10-20(15)26-13-16-11-19(25)23(21(12-16)29-2)30-14-22(28)27-17-7-4-3-5-8-17/h3-13H,14H2,1-2H3,(H,27,28). The molecule has 0 saturated carbocycles. The van der Waals surface area contributed by atoms with Crippen LogP contribution in [0.25, 0.3) is 0 Å². The molecule has 0 saturated heterocycles. The van der Waals surface area contributed by atoms with Crippen molar-refractivity contribution in [2.75, 3.05) is 19.0 Å². The number of aliphatic imine (C=N–C) groups is 1. The molecule has 0 bridgehead atoms. The fourth-order valence-electron chi connectivity index (χ4n) is 2.69. The summed E-state index contributed by atoms with van der Waals surface area (Å²) in [6.07, 6.45) is 1.67. The van der Waals surface area contributed by atoms with E-state index in [-0.39, 0.29) is 12.5 Å². The number of nitrogens with zero attached hydrogens (tertiary/aromatic N) is 1. The number of carbonyl (C=O) groups excluding carboxylic acids is 1. The monoisotopic (exact) mass is 442 g/mol. The van der Waals surface area contributed by atoms with E-state index in [2.05, 4.69) is 10.3 Å². The molecule has 0 aromatic heterocycles. The number of benzene rings is 3. The van der Waals surface area contributed by atoms with Crippen molar-refractivity contribution in [3.8, 4) is 11.5 Å². The van der Waals surface area contributed by atoms with Crippen LogP contribution in [0.3, 0.4) is 0 Å². The van der Waals surface area contributed by atoms with Gasteiger partial charge in [-0.05, 0) is 54.4 Å². The number of nitrogens with one attached hydrogen (secondary N) is 1. The van der Waals surface area contributed by atoms with Crippen LogP contribution in [0.2, 0.25) is 10.0 Å². The van der Waals surface area contributed by atoms with Gasteiger partial charge in [-0.1, -0.05) is 47.5 Å². The number of rotatable bonds is 7. The Hall–Kier alpha value is -3.02. The summed E-state index contributed by atoms with van der Waals surface area (Å²) < 4.78 is 11.0. The molecule has 5 nitrogen and oxygen atoms in total. The van der Waals surface area contributed by atoms with Gasteiger partial charge in [-0.3, -0.25) is 9.79 Å². The minimum Gasteiger partial charge on any atom is -0.493 e. The number of methoxy groups -OCH3 is 1. The highest BCUT2D eigenvalue weighted by Crippen LogP contribution is 2.36. The Bertz CT molecular complexity index is 1070. The Kier molecular flexibility index (Phi) is 7.33. The normalized spacial score (nSPS) is 10.8. The Morgan fingerprint density at radius 3 is 2.57 bits per heavy atom. The maximum atomic E-state index is 12.1. The van der Waals surface area contributed by atoms with Gasteiger partial charge in [-0.15, -0.1) is 0 Å². The first kappa shape index (κ1) is 21.7. The number of amides is 1. The molecule has 0 spiro atoms. The van der Waals surface area contributed by atoms with E-state index < -0.39 is 0 Å². The van der Waals surface area contributed by atoms with Crippen LogP contribution >= 0.6 is 23.2 Å². The van der Waals surface area contributed by atoms with E-state index in [0.717, 1.165) is 16.8 Å². The van der Waals surface area contributed by atoms with E-state index >= 15 is 0 Å². The third kappa shape index (κ3) is 5.53. The lowest BCUT2D eigenvalue weighted by molar-refractivity contribution is -0.118. The number of ether oxygens (including phenoxy) is 2. The topological polar surface area (TPSA) is 59.9 Å². The second-order valence-electron chi connectivity index (χ2n) is 6.38. The number of para-hydroxylation sites is 1. The van der Waals surface area contributed by atoms with Crippen LogP contribution < -0.4 is 14.8 Å². The van der Waals surface area contributed by atoms with Gasteiger partial charge >= 0.3 is 0 Å². The molecule has 0 heterocycles. The van der Waals surface area contributed by atoms with Crippen LogP contribution in [0, 0.1) is 6.92 Å². The lowest BCUT2D eigenvalue weighted by Gasteiger charge is -2.13. The fourth-order valence-corrected chi connectivity index (χ4v) is 3.13. The lowest BCUT2D eigenvalue weighted by Crippen LogP contribution is -2.20. The summed E-state index contributed by atoms with van der Waals surface area (Å²) in [4.78, 5) is 16.6. The zero-order valence-corrected chi connectivity index (χ0v) is 18.0. The second-order valence-corrected chi connectivity index (χ2v) is 7.19. The molecule has 3 rings (SSSR count). The van der Waals surface area contributed by atoms with Gasteiger partial charge in [0, 0.05) is 16.9 Å². The maximum Gasteiger partial charge on any atom is 0.262 e. The quantitative estimate of drug-likeness (QED) is 0.451. The minimum atomic E-state index is -0.304. The van der Waals surface area contributed by atoms with Crippen LogP contribution in [0.15, 0.2) is 65.7 Å². The molecule has 0 aliphatic heterocycles. The molecule has 0 aliphatic carbocycles. The molecular weight excluding hydrogens is 423 g/mol. The molecule has 7 heteroatoms. The van der Waals surface area contributed by atoms with E-state index in [9.17, 15) is 4.79 Å². The Morgan fingerprint density at radius 2 is 1.83 bits per heavy atom. The summed E-state index contributed by atoms with van der Waals surface area (Å²) in [6.45, 7) is 1.69. The summed E-state index contributed by atoms with van der Waals surface area (Å²) in [5, 5.41) is 3.71. The fraction of sp³-hybridized carbons (Fsp3) is 0.130. The SMILES string of the molecule is COc1cc(C=Nc2cccc(Cl)c2C)cc(Cl)c1OCC(=O)Nc1ccccc1. The van der Waals surface area contributed by atoms with Gasteiger partial charge in [0.25, 0.3) is 5.91 Å². The van der Waals surface area contributed by atoms with E-state index in [1.807, 2.05) is 43.3 Å². The van der Waals surface area contributed by atoms with Crippen molar-refractivity contribution in [3.63, 3.8) is 0 Å². The summed E-state index contributed by atoms with van der Waals surface area (Å²) in [5.41, 5.74) is 3.05. The lowest BCUT2D eigenvalue weighted by atomic mass is 10.2. The molecule has 0 aliphatic rings. The summed E-state index contributed by atoms with van der Waals surface area (Å²) in [5.74, 6) is 0.388. The summed E-state index contributed by atoms with van der Waals surface area (Å²) >= 11 is 12.5. The molecule has 3 aromatic rings. The molecule has 0 atom stereocenters. The van der Waals surface area contributed by atoms with Crippen molar-refractivity contribution in [1.82, 2.24) is 0 Å². The molecule has 0 unspecified atom stereocenters. The van der Waals surface area contributed by atoms with Crippen molar-refractivity contribution in [2.45, 2.75) is 6.92 Å². The highest BCUT2D eigenvalue weighted by molar-refractivity contribution is 6.32. The number of anilines is 1. The van der Waals surface area contributed by atoms with Gasteiger partial charge in [-0.25, -0.2) is 0 Å². The predicted molar refractivity (Wildman–Crippen MR) is 122 cm³/mol. The van der Waals surface area contributed by atoms with Crippen molar-refractivity contribution in [3.05, 3.63) is 81.8 Å². The summed E-state index contributed by atoms with van der Waals surface area (Å²) in [6, 6.07) is 18.1. The Balaban J connectivity index is 1.73. The van der Waals surface area contributed by atoms with Gasteiger partial charge in [0.2, 0.25) is 0 Å². The molecule has 1 N–H and O–H groups in total. The Morgan fingerprint density at radius 1 is 1.07 bits per heavy atom. The van der Waals surface area contributed by atoms with Gasteiger partial charge in [0.05, 0.1) is 17.8 Å². The van der Waals surface area contributed by atoms with Gasteiger partial charge < -0.3 is 14.8 Å². The number of halogens is 2. The first-order valence-corrected chi connectivity index (χ1v) is 9.88. The minimum absolute atomic E-state index is 0.208. The second kappa shape index (κ2) is 10.1. The smallest absolute Gasteiger partial charge is 0.262 e. The first-order valence-electron chi connectivity index (χ1n) is 9.12. The van der Waals surface area contributed by atoms with Crippen molar-refractivity contribution in [2.24, 2.45) is 4.99 Å². The number of hydrogen-bond acceptors (Lipinski definition) is 4. The average molecular weight is 443 g/mol. The van der Waals surface area contributed by atoms with Crippen LogP contribution in [-0.4, -0.2) is 25.8 Å². The van der Waals surface area contributed by atoms with Crippen molar-refractivity contribution in [1.29, 1.82) is 0 Å². The van der Waals surface area contributed by atoms with Crippen LogP contribution in [0.1, 0.15) is 11.1 Å². The third-order valence-corrected chi connectivity index (χ3v) is 4.94. The molecular formula is C23H20Cl2N2O3. The number of carbonyl (C=O) groups is 1. The largest absolute Gasteiger partial charge is 0.493 e. The molecule has 1 amide bonds. The van der Waals surface area contributed by atoms with E-state index in [1.54, 1.807) is 30.5 Å². The van der Waals surface area contributed by atoms with Gasteiger partial charge in [0.1, 0.15) is 0 Å². The van der Waals surface area contributed by atoms with Crippen molar-refractivity contribution < 1.29 is 14.3 Å². The van der Waals surface area contributed by atoms with E-state index in [0.29, 0.717) is 27.2 Å². The highest BCUT2D eigenvalue weighted by atomic mass is 35.5. The van der Waals surface area contributed by atoms with Crippen LogP contribution in [-0.2, 0) is 4.79 Å². The maximum absolute atomic E-state index is 12.1. The molecule has 3 aromatic carbocycles. The van der Waals surface area contributed by atoms with E-state index in [1.165, 1.54) is 7.11 Å². The molecule has 154 valence electrons. The summed E-state index contributed by atoms with van der Waals surface area (Å²) in [7, 11) is 1.50. The molecule has 0 fully saturated rings. The third-order valence-electron chi connectivity index (χ3n) is 4.25. The molecule has 30 heavy (non-hydrogen) atoms. The van der Waals surface area contributed by atoms with Crippen LogP contribution in [0.4, 0.5) is 11.4 Å². The first-order chi connectivity index (χ1) is 14.5. The van der Waals surface area contributed by atoms with Gasteiger partial charge in [-0.2, -0.15) is 0 Å². The number of hydrogen-bond donors (Lipinski definition) is 1. The van der Waals surface area contributed by atoms with Crippen molar-refractivity contribution >= 4 is 46.7 Å². The zero-order chi connectivity index (χ0) is 21.5. The van der Waals surface area contributed by atoms with Crippen LogP contribution in [0.5, 0.6) is 11.5 Å². The Labute approximate surface area is 185 Å². The molecule has 0 radical (unpaired) electrons.